The summed E-state index contributed by atoms with van der Waals surface area (Å²) < 4.78 is 7.15. The summed E-state index contributed by atoms with van der Waals surface area (Å²) in [4.78, 5) is 27.5. The maximum absolute atomic E-state index is 12.2. The van der Waals surface area contributed by atoms with Crippen molar-refractivity contribution in [1.82, 2.24) is 29.7 Å². The van der Waals surface area contributed by atoms with Crippen LogP contribution in [0.1, 0.15) is 51.1 Å². The highest BCUT2D eigenvalue weighted by Crippen LogP contribution is 2.33. The van der Waals surface area contributed by atoms with Gasteiger partial charge in [0, 0.05) is 19.5 Å². The molecule has 2 aliphatic rings. The molecule has 11 heteroatoms. The van der Waals surface area contributed by atoms with Crippen LogP contribution in [0.3, 0.4) is 0 Å². The van der Waals surface area contributed by atoms with E-state index in [1.54, 1.807) is 6.92 Å². The molecular formula is C24H35N7O4. The van der Waals surface area contributed by atoms with Crippen molar-refractivity contribution in [3.05, 3.63) is 12.2 Å². The van der Waals surface area contributed by atoms with Gasteiger partial charge in [-0.1, -0.05) is 5.92 Å². The largest absolute Gasteiger partial charge is 0.387 e. The summed E-state index contributed by atoms with van der Waals surface area (Å²) in [6.45, 7) is 3.28. The Kier molecular flexibility index (Phi) is 7.86. The van der Waals surface area contributed by atoms with Gasteiger partial charge in [-0.2, -0.15) is 0 Å². The van der Waals surface area contributed by atoms with Crippen LogP contribution in [0.4, 0.5) is 5.82 Å². The summed E-state index contributed by atoms with van der Waals surface area (Å²) in [6, 6.07) is 0. The van der Waals surface area contributed by atoms with Gasteiger partial charge in [-0.05, 0) is 64.5 Å². The number of nitrogens with one attached hydrogen (secondary N) is 1. The molecule has 11 nitrogen and oxygen atoms in total. The third-order valence-electron chi connectivity index (χ3n) is 6.75. The first-order valence-electron chi connectivity index (χ1n) is 12.2. The smallest absolute Gasteiger partial charge is 0.252 e. The molecular weight excluding hydrogens is 450 g/mol. The monoisotopic (exact) mass is 485 g/mol. The summed E-state index contributed by atoms with van der Waals surface area (Å²) >= 11 is 0. The number of aromatic nitrogens is 4. The first-order valence-corrected chi connectivity index (χ1v) is 12.2. The fourth-order valence-corrected chi connectivity index (χ4v) is 4.97. The van der Waals surface area contributed by atoms with Crippen molar-refractivity contribution in [1.29, 1.82) is 0 Å². The Bertz CT molecular complexity index is 1100. The molecule has 2 aromatic heterocycles. The molecule has 2 aromatic rings. The number of likely N-dealkylation sites (N-methyl/N-ethyl adjacent to an activating group) is 1. The van der Waals surface area contributed by atoms with Crippen molar-refractivity contribution in [3.63, 3.8) is 0 Å². The Morgan fingerprint density at radius 1 is 1.23 bits per heavy atom. The zero-order valence-electron chi connectivity index (χ0n) is 20.5. The van der Waals surface area contributed by atoms with E-state index in [1.807, 2.05) is 0 Å². The minimum absolute atomic E-state index is 0.163. The molecule has 1 saturated carbocycles. The normalized spacial score (nSPS) is 28.7. The number of aliphatic hydroxyl groups excluding tert-OH is 2. The van der Waals surface area contributed by atoms with Crippen molar-refractivity contribution in [2.24, 2.45) is 11.8 Å². The number of nitrogen functional groups attached to an aromatic ring is 1. The number of nitrogens with zero attached hydrogens (tertiary/aromatic N) is 5. The standard InChI is InChI=1S/C24H35N7O4/c1-4-26-23(34)20-18(32)19(33)24(35-20)31-13-27-17-21(25)28-16(29-22(17)31)7-5-6-14-8-10-15(11-9-14)12-30(2)3/h13-15,18-20,24,32-33H,4,6,8-12H2,1-3H3,(H,26,34)(H2,25,28,29)/t14?,15?,18-,19?,20+,24-/m1/s1. The third kappa shape index (κ3) is 5.56. The molecule has 0 radical (unpaired) electrons. The topological polar surface area (TPSA) is 152 Å². The maximum Gasteiger partial charge on any atom is 0.252 e. The quantitative estimate of drug-likeness (QED) is 0.423. The molecule has 35 heavy (non-hydrogen) atoms. The number of rotatable bonds is 6. The highest BCUT2D eigenvalue weighted by atomic mass is 16.6. The van der Waals surface area contributed by atoms with Gasteiger partial charge in [0.2, 0.25) is 5.82 Å². The average Bonchev–Trinajstić information content (AvgIpc) is 3.36. The predicted octanol–water partition coefficient (Wildman–Crippen LogP) is 0.273. The van der Waals surface area contributed by atoms with E-state index in [0.29, 0.717) is 23.6 Å². The van der Waals surface area contributed by atoms with Gasteiger partial charge in [0.15, 0.2) is 23.8 Å². The van der Waals surface area contributed by atoms with E-state index in [9.17, 15) is 15.0 Å². The fraction of sp³-hybridized carbons (Fsp3) is 0.667. The Morgan fingerprint density at radius 3 is 2.63 bits per heavy atom. The Labute approximate surface area is 205 Å². The number of carbonyl (C=O) groups is 1. The van der Waals surface area contributed by atoms with E-state index < -0.39 is 30.4 Å². The highest BCUT2D eigenvalue weighted by Gasteiger charge is 2.47. The van der Waals surface area contributed by atoms with E-state index in [1.165, 1.54) is 36.6 Å². The van der Waals surface area contributed by atoms with E-state index in [-0.39, 0.29) is 11.6 Å². The minimum atomic E-state index is -1.39. The van der Waals surface area contributed by atoms with Crippen LogP contribution in [-0.2, 0) is 9.53 Å². The first kappa shape index (κ1) is 25.3. The van der Waals surface area contributed by atoms with Crippen molar-refractivity contribution in [2.75, 3.05) is 32.9 Å². The number of ether oxygens (including phenoxy) is 1. The fourth-order valence-electron chi connectivity index (χ4n) is 4.97. The summed E-state index contributed by atoms with van der Waals surface area (Å²) in [7, 11) is 4.24. The number of fused-ring (bicyclic) bond motifs is 1. The number of carbonyl (C=O) groups excluding carboxylic acids is 1. The van der Waals surface area contributed by atoms with Gasteiger partial charge < -0.3 is 30.9 Å². The molecule has 1 saturated heterocycles. The zero-order chi connectivity index (χ0) is 25.1. The lowest BCUT2D eigenvalue weighted by molar-refractivity contribution is -0.137. The van der Waals surface area contributed by atoms with Gasteiger partial charge >= 0.3 is 0 Å². The van der Waals surface area contributed by atoms with Crippen molar-refractivity contribution in [2.45, 2.75) is 63.6 Å². The van der Waals surface area contributed by atoms with Crippen molar-refractivity contribution in [3.8, 4) is 11.8 Å². The third-order valence-corrected chi connectivity index (χ3v) is 6.75. The Hall–Kier alpha value is -2.78. The number of nitrogens with two attached hydrogens (primary N) is 1. The van der Waals surface area contributed by atoms with Gasteiger partial charge in [-0.25, -0.2) is 15.0 Å². The van der Waals surface area contributed by atoms with Crippen LogP contribution in [0.2, 0.25) is 0 Å². The first-order chi connectivity index (χ1) is 16.8. The average molecular weight is 486 g/mol. The van der Waals surface area contributed by atoms with E-state index in [4.69, 9.17) is 10.5 Å². The lowest BCUT2D eigenvalue weighted by Gasteiger charge is -2.29. The van der Waals surface area contributed by atoms with Crippen LogP contribution in [0, 0.1) is 23.7 Å². The second kappa shape index (κ2) is 10.9. The SMILES string of the molecule is CCNC(=O)[C@H]1O[C@@H](n2cnc3c(N)nc(C#CCC4CCC(CN(C)C)CC4)nc32)C(O)[C@H]1O. The summed E-state index contributed by atoms with van der Waals surface area (Å²) in [5.74, 6) is 7.48. The number of imidazole rings is 1. The lowest BCUT2D eigenvalue weighted by atomic mass is 9.80. The van der Waals surface area contributed by atoms with Crippen LogP contribution >= 0.6 is 0 Å². The van der Waals surface area contributed by atoms with Gasteiger partial charge in [0.1, 0.15) is 17.7 Å². The number of anilines is 1. The summed E-state index contributed by atoms with van der Waals surface area (Å²) in [6.07, 6.45) is 1.97. The van der Waals surface area contributed by atoms with Crippen LogP contribution in [0.25, 0.3) is 11.2 Å². The summed E-state index contributed by atoms with van der Waals surface area (Å²) in [5, 5.41) is 23.5. The summed E-state index contributed by atoms with van der Waals surface area (Å²) in [5.41, 5.74) is 6.75. The molecule has 3 heterocycles. The van der Waals surface area contributed by atoms with Crippen molar-refractivity contribution >= 4 is 22.9 Å². The lowest BCUT2D eigenvalue weighted by Crippen LogP contribution is -2.42. The molecule has 4 atom stereocenters. The van der Waals surface area contributed by atoms with E-state index in [0.717, 1.165) is 18.9 Å². The second-order valence-corrected chi connectivity index (χ2v) is 9.73. The highest BCUT2D eigenvalue weighted by molar-refractivity contribution is 5.83. The molecule has 0 bridgehead atoms. The van der Waals surface area contributed by atoms with Gasteiger partial charge in [-0.3, -0.25) is 9.36 Å². The maximum atomic E-state index is 12.2. The molecule has 2 fully saturated rings. The molecule has 4 rings (SSSR count). The van der Waals surface area contributed by atoms with Crippen LogP contribution in [-0.4, -0.2) is 86.0 Å². The van der Waals surface area contributed by atoms with E-state index in [2.05, 4.69) is 51.1 Å². The second-order valence-electron chi connectivity index (χ2n) is 9.73. The molecule has 5 N–H and O–H groups in total. The molecule has 1 aliphatic heterocycles. The number of hydrogen-bond donors (Lipinski definition) is 4. The van der Waals surface area contributed by atoms with Crippen LogP contribution in [0.5, 0.6) is 0 Å². The number of aliphatic hydroxyl groups is 2. The van der Waals surface area contributed by atoms with Gasteiger partial charge in [0.05, 0.1) is 6.33 Å². The van der Waals surface area contributed by atoms with E-state index >= 15 is 0 Å². The molecule has 0 aromatic carbocycles. The zero-order valence-corrected chi connectivity index (χ0v) is 20.5. The van der Waals surface area contributed by atoms with Crippen LogP contribution in [0.15, 0.2) is 6.33 Å². The molecule has 1 aliphatic carbocycles. The van der Waals surface area contributed by atoms with Crippen molar-refractivity contribution < 1.29 is 19.7 Å². The Morgan fingerprint density at radius 2 is 1.94 bits per heavy atom. The number of hydrogen-bond acceptors (Lipinski definition) is 9. The Balaban J connectivity index is 1.48. The van der Waals surface area contributed by atoms with Crippen LogP contribution < -0.4 is 11.1 Å². The van der Waals surface area contributed by atoms with Gasteiger partial charge in [0.25, 0.3) is 5.91 Å². The molecule has 190 valence electrons. The molecule has 1 amide bonds. The minimum Gasteiger partial charge on any atom is -0.387 e. The molecule has 0 spiro atoms. The van der Waals surface area contributed by atoms with Gasteiger partial charge in [-0.15, -0.1) is 0 Å². The predicted molar refractivity (Wildman–Crippen MR) is 130 cm³/mol. The molecule has 1 unspecified atom stereocenters. The number of amides is 1.